The lowest BCUT2D eigenvalue weighted by Crippen LogP contribution is -2.53. The maximum atomic E-state index is 12.3. The first-order chi connectivity index (χ1) is 11.8. The summed E-state index contributed by atoms with van der Waals surface area (Å²) in [6, 6.07) is 7.03. The standard InChI is InChI=1S/C17H23N3O4S/c1-13(21)14-2-4-16(5-3-14)19-7-9-20(10-8-19)17(22)18-15-6-11-25(23,24)12-15/h2-5,15H,6-12H2,1H3,(H,18,22). The molecule has 2 amide bonds. The van der Waals surface area contributed by atoms with Gasteiger partial charge in [0.25, 0.3) is 0 Å². The lowest BCUT2D eigenvalue weighted by molar-refractivity contribution is 0.101. The second-order valence-electron chi connectivity index (χ2n) is 6.63. The first kappa shape index (κ1) is 17.7. The normalized spacial score (nSPS) is 22.7. The highest BCUT2D eigenvalue weighted by Gasteiger charge is 2.30. The van der Waals surface area contributed by atoms with Crippen LogP contribution in [-0.2, 0) is 9.84 Å². The predicted octanol–water partition coefficient (Wildman–Crippen LogP) is 0.908. The van der Waals surface area contributed by atoms with Gasteiger partial charge in [0, 0.05) is 43.5 Å². The molecule has 1 aromatic rings. The molecule has 8 heteroatoms. The third-order valence-electron chi connectivity index (χ3n) is 4.77. The van der Waals surface area contributed by atoms with E-state index in [0.29, 0.717) is 38.2 Å². The van der Waals surface area contributed by atoms with Crippen LogP contribution in [0.5, 0.6) is 0 Å². The molecule has 0 aliphatic carbocycles. The van der Waals surface area contributed by atoms with Crippen LogP contribution in [0.2, 0.25) is 0 Å². The van der Waals surface area contributed by atoms with E-state index in [9.17, 15) is 18.0 Å². The lowest BCUT2D eigenvalue weighted by Gasteiger charge is -2.36. The van der Waals surface area contributed by atoms with Gasteiger partial charge >= 0.3 is 6.03 Å². The average Bonchev–Trinajstić information content (AvgIpc) is 2.93. The maximum absolute atomic E-state index is 12.3. The Balaban J connectivity index is 1.51. The van der Waals surface area contributed by atoms with Crippen molar-refractivity contribution in [3.05, 3.63) is 29.8 Å². The van der Waals surface area contributed by atoms with E-state index in [4.69, 9.17) is 0 Å². The number of ketones is 1. The van der Waals surface area contributed by atoms with E-state index in [-0.39, 0.29) is 29.4 Å². The molecule has 1 atom stereocenters. The molecule has 0 bridgehead atoms. The van der Waals surface area contributed by atoms with Crippen molar-refractivity contribution in [3.63, 3.8) is 0 Å². The van der Waals surface area contributed by atoms with Crippen molar-refractivity contribution in [1.29, 1.82) is 0 Å². The van der Waals surface area contributed by atoms with Crippen molar-refractivity contribution in [2.45, 2.75) is 19.4 Å². The number of benzene rings is 1. The average molecular weight is 365 g/mol. The van der Waals surface area contributed by atoms with Gasteiger partial charge in [-0.05, 0) is 37.6 Å². The number of anilines is 1. The van der Waals surface area contributed by atoms with Crippen LogP contribution in [0.15, 0.2) is 24.3 Å². The molecule has 2 heterocycles. The second kappa shape index (κ2) is 7.03. The zero-order valence-corrected chi connectivity index (χ0v) is 15.1. The second-order valence-corrected chi connectivity index (χ2v) is 8.86. The molecular formula is C17H23N3O4S. The van der Waals surface area contributed by atoms with Crippen LogP contribution in [0.25, 0.3) is 0 Å². The summed E-state index contributed by atoms with van der Waals surface area (Å²) in [6.07, 6.45) is 0.497. The fraction of sp³-hybridized carbons (Fsp3) is 0.529. The number of hydrogen-bond donors (Lipinski definition) is 1. The number of carbonyl (C=O) groups excluding carboxylic acids is 2. The first-order valence-electron chi connectivity index (χ1n) is 8.46. The summed E-state index contributed by atoms with van der Waals surface area (Å²) in [7, 11) is -2.99. The molecule has 25 heavy (non-hydrogen) atoms. The largest absolute Gasteiger partial charge is 0.368 e. The van der Waals surface area contributed by atoms with Gasteiger partial charge in [-0.1, -0.05) is 0 Å². The van der Waals surface area contributed by atoms with Crippen LogP contribution in [0.1, 0.15) is 23.7 Å². The molecule has 7 nitrogen and oxygen atoms in total. The zero-order valence-electron chi connectivity index (χ0n) is 14.3. The van der Waals surface area contributed by atoms with Crippen LogP contribution in [0.4, 0.5) is 10.5 Å². The summed E-state index contributed by atoms with van der Waals surface area (Å²) >= 11 is 0. The fourth-order valence-corrected chi connectivity index (χ4v) is 4.92. The minimum Gasteiger partial charge on any atom is -0.368 e. The van der Waals surface area contributed by atoms with Crippen molar-refractivity contribution in [2.75, 3.05) is 42.6 Å². The number of piperazine rings is 1. The number of Topliss-reactive ketones (excluding diaryl/α,β-unsaturated/α-hetero) is 1. The SMILES string of the molecule is CC(=O)c1ccc(N2CCN(C(=O)NC3CCS(=O)(=O)C3)CC2)cc1. The first-order valence-corrected chi connectivity index (χ1v) is 10.3. The summed E-state index contributed by atoms with van der Waals surface area (Å²) in [6.45, 7) is 4.12. The van der Waals surface area contributed by atoms with Gasteiger partial charge in [-0.3, -0.25) is 4.79 Å². The number of amides is 2. The lowest BCUT2D eigenvalue weighted by atomic mass is 10.1. The van der Waals surface area contributed by atoms with Gasteiger partial charge in [0.1, 0.15) is 0 Å². The zero-order chi connectivity index (χ0) is 18.0. The van der Waals surface area contributed by atoms with Crippen molar-refractivity contribution < 1.29 is 18.0 Å². The van der Waals surface area contributed by atoms with E-state index in [1.165, 1.54) is 0 Å². The quantitative estimate of drug-likeness (QED) is 0.805. The summed E-state index contributed by atoms with van der Waals surface area (Å²) in [5.41, 5.74) is 1.72. The molecule has 1 aromatic carbocycles. The topological polar surface area (TPSA) is 86.8 Å². The predicted molar refractivity (Wildman–Crippen MR) is 95.8 cm³/mol. The van der Waals surface area contributed by atoms with Crippen LogP contribution in [0.3, 0.4) is 0 Å². The molecule has 3 rings (SSSR count). The number of nitrogens with one attached hydrogen (secondary N) is 1. The number of nitrogens with zero attached hydrogens (tertiary/aromatic N) is 2. The summed E-state index contributed by atoms with van der Waals surface area (Å²) in [5.74, 6) is 0.241. The summed E-state index contributed by atoms with van der Waals surface area (Å²) < 4.78 is 22.9. The third kappa shape index (κ3) is 4.31. The van der Waals surface area contributed by atoms with Crippen molar-refractivity contribution >= 4 is 27.3 Å². The van der Waals surface area contributed by atoms with Crippen LogP contribution in [-0.4, -0.2) is 68.9 Å². The molecule has 136 valence electrons. The van der Waals surface area contributed by atoms with Gasteiger partial charge in [0.15, 0.2) is 15.6 Å². The van der Waals surface area contributed by atoms with E-state index in [1.807, 2.05) is 24.3 Å². The number of hydrogen-bond acceptors (Lipinski definition) is 5. The Labute approximate surface area is 147 Å². The maximum Gasteiger partial charge on any atom is 0.317 e. The Morgan fingerprint density at radius 2 is 1.72 bits per heavy atom. The fourth-order valence-electron chi connectivity index (χ4n) is 3.25. The molecule has 0 saturated carbocycles. The smallest absolute Gasteiger partial charge is 0.317 e. The molecule has 1 N–H and O–H groups in total. The minimum atomic E-state index is -2.99. The van der Waals surface area contributed by atoms with Gasteiger partial charge in [0.2, 0.25) is 0 Å². The Morgan fingerprint density at radius 3 is 2.24 bits per heavy atom. The number of carbonyl (C=O) groups is 2. The summed E-state index contributed by atoms with van der Waals surface area (Å²) in [4.78, 5) is 27.5. The highest BCUT2D eigenvalue weighted by Crippen LogP contribution is 2.18. The van der Waals surface area contributed by atoms with E-state index in [2.05, 4.69) is 10.2 Å². The highest BCUT2D eigenvalue weighted by molar-refractivity contribution is 7.91. The molecule has 2 aliphatic rings. The van der Waals surface area contributed by atoms with Crippen LogP contribution >= 0.6 is 0 Å². The Bertz CT molecular complexity index is 753. The monoisotopic (exact) mass is 365 g/mol. The molecular weight excluding hydrogens is 342 g/mol. The van der Waals surface area contributed by atoms with E-state index < -0.39 is 9.84 Å². The van der Waals surface area contributed by atoms with E-state index in [0.717, 1.165) is 5.69 Å². The molecule has 0 radical (unpaired) electrons. The van der Waals surface area contributed by atoms with Gasteiger partial charge < -0.3 is 15.1 Å². The van der Waals surface area contributed by atoms with Crippen molar-refractivity contribution in [1.82, 2.24) is 10.2 Å². The number of urea groups is 1. The van der Waals surface area contributed by atoms with Gasteiger partial charge in [-0.2, -0.15) is 0 Å². The van der Waals surface area contributed by atoms with E-state index >= 15 is 0 Å². The van der Waals surface area contributed by atoms with Gasteiger partial charge in [-0.15, -0.1) is 0 Å². The Kier molecular flexibility index (Phi) is 4.99. The van der Waals surface area contributed by atoms with Gasteiger partial charge in [0.05, 0.1) is 11.5 Å². The van der Waals surface area contributed by atoms with E-state index in [1.54, 1.807) is 11.8 Å². The minimum absolute atomic E-state index is 0.0429. The third-order valence-corrected chi connectivity index (χ3v) is 6.53. The molecule has 2 fully saturated rings. The van der Waals surface area contributed by atoms with Crippen molar-refractivity contribution in [3.8, 4) is 0 Å². The highest BCUT2D eigenvalue weighted by atomic mass is 32.2. The molecule has 2 saturated heterocycles. The van der Waals surface area contributed by atoms with Gasteiger partial charge in [-0.25, -0.2) is 13.2 Å². The summed E-state index contributed by atoms with van der Waals surface area (Å²) in [5, 5.41) is 2.83. The Hall–Kier alpha value is -2.09. The van der Waals surface area contributed by atoms with Crippen LogP contribution in [0, 0.1) is 0 Å². The molecule has 2 aliphatic heterocycles. The molecule has 1 unspecified atom stereocenters. The van der Waals surface area contributed by atoms with Crippen molar-refractivity contribution in [2.24, 2.45) is 0 Å². The number of sulfone groups is 1. The number of rotatable bonds is 3. The molecule has 0 aromatic heterocycles. The van der Waals surface area contributed by atoms with Crippen LogP contribution < -0.4 is 10.2 Å². The Morgan fingerprint density at radius 1 is 1.08 bits per heavy atom. The molecule has 0 spiro atoms.